The van der Waals surface area contributed by atoms with E-state index in [9.17, 15) is 4.79 Å². The van der Waals surface area contributed by atoms with Gasteiger partial charge in [0.25, 0.3) is 5.91 Å². The Hall–Kier alpha value is -1.33. The molecule has 0 atom stereocenters. The van der Waals surface area contributed by atoms with Crippen molar-refractivity contribution in [2.45, 2.75) is 13.8 Å². The van der Waals surface area contributed by atoms with Crippen LogP contribution in [0, 0.1) is 13.8 Å². The largest absolute Gasteiger partial charge is 0.270 e. The number of anilines is 1. The number of benzene rings is 2. The molecule has 122 valence electrons. The normalized spacial score (nSPS) is 16.3. The second kappa shape index (κ2) is 6.89. The lowest BCUT2D eigenvalue weighted by molar-refractivity contribution is -0.113. The van der Waals surface area contributed by atoms with Gasteiger partial charge >= 0.3 is 0 Å². The zero-order valence-corrected chi connectivity index (χ0v) is 16.1. The number of amides is 1. The summed E-state index contributed by atoms with van der Waals surface area (Å²) in [5.74, 6) is -0.136. The number of thioether (sulfide) groups is 1. The molecule has 1 aliphatic rings. The molecule has 6 heteroatoms. The van der Waals surface area contributed by atoms with E-state index in [-0.39, 0.29) is 5.91 Å². The van der Waals surface area contributed by atoms with Gasteiger partial charge in [0.05, 0.1) is 10.6 Å². The lowest BCUT2D eigenvalue weighted by Gasteiger charge is -2.17. The van der Waals surface area contributed by atoms with Gasteiger partial charge in [0.1, 0.15) is 0 Å². The lowest BCUT2D eigenvalue weighted by Crippen LogP contribution is -2.28. The summed E-state index contributed by atoms with van der Waals surface area (Å²) in [6, 6.07) is 11.1. The van der Waals surface area contributed by atoms with Gasteiger partial charge in [-0.05, 0) is 49.2 Å². The third-order valence-corrected chi connectivity index (χ3v) is 5.50. The van der Waals surface area contributed by atoms with E-state index in [1.54, 1.807) is 29.2 Å². The van der Waals surface area contributed by atoms with Crippen LogP contribution < -0.4 is 4.90 Å². The standard InChI is InChI=1S/C18H13Cl2NOS2/c1-10-3-6-15(11(2)7-10)21-17(22)16(24-18(21)23)8-12-4-5-13(19)9-14(12)20/h3-9H,1-2H3. The Bertz CT molecular complexity index is 893. The molecule has 2 aromatic carbocycles. The lowest BCUT2D eigenvalue weighted by atomic mass is 10.1. The highest BCUT2D eigenvalue weighted by Gasteiger charge is 2.34. The Morgan fingerprint density at radius 3 is 2.54 bits per heavy atom. The van der Waals surface area contributed by atoms with Gasteiger partial charge in [0.2, 0.25) is 0 Å². The summed E-state index contributed by atoms with van der Waals surface area (Å²) < 4.78 is 0.517. The molecule has 0 unspecified atom stereocenters. The topological polar surface area (TPSA) is 20.3 Å². The van der Waals surface area contributed by atoms with Crippen LogP contribution in [0.5, 0.6) is 0 Å². The SMILES string of the molecule is Cc1ccc(N2C(=O)C(=Cc3ccc(Cl)cc3Cl)SC2=S)c(C)c1. The van der Waals surface area contributed by atoms with Crippen molar-refractivity contribution in [3.8, 4) is 0 Å². The van der Waals surface area contributed by atoms with Crippen molar-refractivity contribution in [1.29, 1.82) is 0 Å². The van der Waals surface area contributed by atoms with Gasteiger partial charge in [0, 0.05) is 10.0 Å². The maximum Gasteiger partial charge on any atom is 0.270 e. The molecule has 1 saturated heterocycles. The fraction of sp³-hybridized carbons (Fsp3) is 0.111. The maximum atomic E-state index is 12.8. The van der Waals surface area contributed by atoms with Gasteiger partial charge in [-0.15, -0.1) is 0 Å². The van der Waals surface area contributed by atoms with Crippen LogP contribution in [0.15, 0.2) is 41.3 Å². The molecule has 24 heavy (non-hydrogen) atoms. The van der Waals surface area contributed by atoms with Crippen molar-refractivity contribution in [3.63, 3.8) is 0 Å². The second-order valence-corrected chi connectivity index (χ2v) is 7.99. The first kappa shape index (κ1) is 17.5. The molecule has 3 rings (SSSR count). The van der Waals surface area contributed by atoms with E-state index in [2.05, 4.69) is 0 Å². The van der Waals surface area contributed by atoms with Gasteiger partial charge in [0.15, 0.2) is 4.32 Å². The maximum absolute atomic E-state index is 12.8. The molecule has 0 aromatic heterocycles. The van der Waals surface area contributed by atoms with Crippen LogP contribution in [0.1, 0.15) is 16.7 Å². The van der Waals surface area contributed by atoms with Gasteiger partial charge < -0.3 is 0 Å². The molecule has 1 heterocycles. The van der Waals surface area contributed by atoms with Gasteiger partial charge in [-0.25, -0.2) is 0 Å². The molecule has 1 amide bonds. The summed E-state index contributed by atoms with van der Waals surface area (Å²) in [5.41, 5.74) is 3.71. The summed E-state index contributed by atoms with van der Waals surface area (Å²) in [7, 11) is 0. The van der Waals surface area contributed by atoms with Crippen LogP contribution in [0.3, 0.4) is 0 Å². The number of thiocarbonyl (C=S) groups is 1. The van der Waals surface area contributed by atoms with Gasteiger partial charge in [-0.2, -0.15) is 0 Å². The quantitative estimate of drug-likeness (QED) is 0.459. The van der Waals surface area contributed by atoms with Crippen molar-refractivity contribution in [2.75, 3.05) is 4.90 Å². The number of carbonyl (C=O) groups excluding carboxylic acids is 1. The Labute approximate surface area is 160 Å². The Kier molecular flexibility index (Phi) is 5.02. The fourth-order valence-electron chi connectivity index (χ4n) is 2.49. The first-order valence-corrected chi connectivity index (χ1v) is 9.15. The smallest absolute Gasteiger partial charge is 0.268 e. The van der Waals surface area contributed by atoms with E-state index in [4.69, 9.17) is 35.4 Å². The van der Waals surface area contributed by atoms with Crippen molar-refractivity contribution in [2.24, 2.45) is 0 Å². The van der Waals surface area contributed by atoms with E-state index in [0.717, 1.165) is 22.4 Å². The summed E-state index contributed by atoms with van der Waals surface area (Å²) in [6.07, 6.45) is 1.75. The summed E-state index contributed by atoms with van der Waals surface area (Å²) in [5, 5.41) is 1.05. The van der Waals surface area contributed by atoms with E-state index in [0.29, 0.717) is 19.3 Å². The molecule has 0 bridgehead atoms. The molecule has 2 nitrogen and oxygen atoms in total. The predicted octanol–water partition coefficient (Wildman–Crippen LogP) is 6.02. The van der Waals surface area contributed by atoms with Crippen LogP contribution >= 0.6 is 47.2 Å². The Morgan fingerprint density at radius 1 is 1.12 bits per heavy atom. The summed E-state index contributed by atoms with van der Waals surface area (Å²) in [6.45, 7) is 3.99. The minimum Gasteiger partial charge on any atom is -0.268 e. The molecular formula is C18H13Cl2NOS2. The zero-order valence-electron chi connectivity index (χ0n) is 13.0. The number of halogens is 2. The Morgan fingerprint density at radius 2 is 1.88 bits per heavy atom. The third-order valence-electron chi connectivity index (χ3n) is 3.64. The van der Waals surface area contributed by atoms with E-state index >= 15 is 0 Å². The van der Waals surface area contributed by atoms with Crippen LogP contribution in [0.25, 0.3) is 6.08 Å². The zero-order chi connectivity index (χ0) is 17.4. The molecule has 0 spiro atoms. The van der Waals surface area contributed by atoms with Gasteiger partial charge in [-0.3, -0.25) is 9.69 Å². The van der Waals surface area contributed by atoms with Crippen molar-refractivity contribution >= 4 is 69.2 Å². The predicted molar refractivity (Wildman–Crippen MR) is 108 cm³/mol. The number of nitrogens with zero attached hydrogens (tertiary/aromatic N) is 1. The van der Waals surface area contributed by atoms with Crippen molar-refractivity contribution in [3.05, 3.63) is 68.0 Å². The number of carbonyl (C=O) groups is 1. The molecular weight excluding hydrogens is 381 g/mol. The second-order valence-electron chi connectivity index (χ2n) is 5.47. The highest BCUT2D eigenvalue weighted by Crippen LogP contribution is 2.38. The molecule has 0 N–H and O–H groups in total. The first-order chi connectivity index (χ1) is 11.4. The molecule has 1 fully saturated rings. The molecule has 0 radical (unpaired) electrons. The van der Waals surface area contributed by atoms with E-state index in [1.807, 2.05) is 32.0 Å². The van der Waals surface area contributed by atoms with Crippen LogP contribution in [-0.4, -0.2) is 10.2 Å². The third kappa shape index (κ3) is 3.38. The average Bonchev–Trinajstić information content (AvgIpc) is 2.77. The van der Waals surface area contributed by atoms with Crippen molar-refractivity contribution < 1.29 is 4.79 Å². The number of aryl methyl sites for hydroxylation is 2. The number of hydrogen-bond acceptors (Lipinski definition) is 3. The highest BCUT2D eigenvalue weighted by molar-refractivity contribution is 8.27. The van der Waals surface area contributed by atoms with E-state index < -0.39 is 0 Å². The molecule has 0 aliphatic carbocycles. The average molecular weight is 394 g/mol. The number of hydrogen-bond donors (Lipinski definition) is 0. The minimum atomic E-state index is -0.136. The molecule has 2 aromatic rings. The first-order valence-electron chi connectivity index (χ1n) is 7.17. The minimum absolute atomic E-state index is 0.136. The molecule has 1 aliphatic heterocycles. The fourth-order valence-corrected chi connectivity index (χ4v) is 4.23. The van der Waals surface area contributed by atoms with Gasteiger partial charge in [-0.1, -0.05) is 70.9 Å². The van der Waals surface area contributed by atoms with Crippen LogP contribution in [0.2, 0.25) is 10.0 Å². The summed E-state index contributed by atoms with van der Waals surface area (Å²) in [4.78, 5) is 14.9. The van der Waals surface area contributed by atoms with E-state index in [1.165, 1.54) is 11.8 Å². The van der Waals surface area contributed by atoms with Crippen LogP contribution in [-0.2, 0) is 4.79 Å². The highest BCUT2D eigenvalue weighted by atomic mass is 35.5. The molecule has 0 saturated carbocycles. The van der Waals surface area contributed by atoms with Crippen LogP contribution in [0.4, 0.5) is 5.69 Å². The summed E-state index contributed by atoms with van der Waals surface area (Å²) >= 11 is 18.8. The Balaban J connectivity index is 1.98. The monoisotopic (exact) mass is 393 g/mol. The number of rotatable bonds is 2. The van der Waals surface area contributed by atoms with Crippen molar-refractivity contribution in [1.82, 2.24) is 0 Å².